The van der Waals surface area contributed by atoms with Crippen LogP contribution in [0.1, 0.15) is 23.2 Å². The number of piperidine rings is 1. The van der Waals surface area contributed by atoms with Crippen molar-refractivity contribution in [2.45, 2.75) is 18.9 Å². The lowest BCUT2D eigenvalue weighted by molar-refractivity contribution is 0.0160. The summed E-state index contributed by atoms with van der Waals surface area (Å²) in [6, 6.07) is 7.31. The number of methoxy groups -OCH3 is 1. The van der Waals surface area contributed by atoms with Gasteiger partial charge in [0.15, 0.2) is 0 Å². The van der Waals surface area contributed by atoms with Crippen LogP contribution in [0.15, 0.2) is 24.3 Å². The maximum absolute atomic E-state index is 12.4. The highest BCUT2D eigenvalue weighted by Gasteiger charge is 2.24. The Balaban J connectivity index is 1.91. The number of amides is 1. The summed E-state index contributed by atoms with van der Waals surface area (Å²) >= 11 is 3.35. The molecule has 1 saturated heterocycles. The summed E-state index contributed by atoms with van der Waals surface area (Å²) in [4.78, 5) is 14.3. The minimum atomic E-state index is 0.0721. The van der Waals surface area contributed by atoms with Crippen molar-refractivity contribution in [3.8, 4) is 5.75 Å². The second-order valence-corrected chi connectivity index (χ2v) is 5.58. The molecular formula is C15H20BrNO3. The molecule has 0 N–H and O–H groups in total. The van der Waals surface area contributed by atoms with Gasteiger partial charge in [-0.15, -0.1) is 0 Å². The van der Waals surface area contributed by atoms with E-state index >= 15 is 0 Å². The zero-order chi connectivity index (χ0) is 14.4. The van der Waals surface area contributed by atoms with Gasteiger partial charge >= 0.3 is 0 Å². The number of carbonyl (C=O) groups is 1. The normalized spacial score (nSPS) is 16.2. The molecule has 1 aliphatic heterocycles. The van der Waals surface area contributed by atoms with Gasteiger partial charge in [0.2, 0.25) is 0 Å². The largest absolute Gasteiger partial charge is 0.497 e. The summed E-state index contributed by atoms with van der Waals surface area (Å²) in [5, 5.41) is 0.857. The molecule has 110 valence electrons. The minimum absolute atomic E-state index is 0.0721. The van der Waals surface area contributed by atoms with Gasteiger partial charge in [0.1, 0.15) is 5.75 Å². The Labute approximate surface area is 128 Å². The zero-order valence-corrected chi connectivity index (χ0v) is 13.3. The van der Waals surface area contributed by atoms with E-state index in [9.17, 15) is 4.79 Å². The predicted molar refractivity (Wildman–Crippen MR) is 81.7 cm³/mol. The first kappa shape index (κ1) is 15.3. The van der Waals surface area contributed by atoms with Crippen LogP contribution < -0.4 is 4.74 Å². The Morgan fingerprint density at radius 1 is 1.40 bits per heavy atom. The fraction of sp³-hybridized carbons (Fsp3) is 0.533. The van der Waals surface area contributed by atoms with E-state index in [2.05, 4.69) is 15.9 Å². The number of benzene rings is 1. The van der Waals surface area contributed by atoms with Crippen molar-refractivity contribution in [3.05, 3.63) is 29.8 Å². The van der Waals surface area contributed by atoms with E-state index in [1.807, 2.05) is 23.1 Å². The Hall–Kier alpha value is -1.07. The topological polar surface area (TPSA) is 38.8 Å². The van der Waals surface area contributed by atoms with Gasteiger partial charge in [-0.05, 0) is 31.0 Å². The van der Waals surface area contributed by atoms with Crippen LogP contribution in [0.5, 0.6) is 5.75 Å². The summed E-state index contributed by atoms with van der Waals surface area (Å²) in [5.74, 6) is 0.786. The summed E-state index contributed by atoms with van der Waals surface area (Å²) in [5.41, 5.74) is 0.684. The van der Waals surface area contributed by atoms with Crippen LogP contribution in [0.4, 0.5) is 0 Å². The van der Waals surface area contributed by atoms with Crippen molar-refractivity contribution in [2.24, 2.45) is 0 Å². The number of rotatable bonds is 5. The molecule has 0 spiro atoms. The summed E-state index contributed by atoms with van der Waals surface area (Å²) < 4.78 is 10.9. The van der Waals surface area contributed by atoms with Gasteiger partial charge in [0.25, 0.3) is 5.91 Å². The molecule has 0 saturated carbocycles. The van der Waals surface area contributed by atoms with E-state index in [4.69, 9.17) is 9.47 Å². The average Bonchev–Trinajstić information content (AvgIpc) is 2.52. The lowest BCUT2D eigenvalue weighted by atomic mass is 10.1. The van der Waals surface area contributed by atoms with Crippen LogP contribution in [-0.2, 0) is 4.74 Å². The van der Waals surface area contributed by atoms with Gasteiger partial charge < -0.3 is 14.4 Å². The van der Waals surface area contributed by atoms with E-state index in [1.165, 1.54) is 0 Å². The van der Waals surface area contributed by atoms with Gasteiger partial charge in [-0.25, -0.2) is 0 Å². The highest BCUT2D eigenvalue weighted by atomic mass is 79.9. The van der Waals surface area contributed by atoms with E-state index in [1.54, 1.807) is 13.2 Å². The molecule has 0 atom stereocenters. The number of alkyl halides is 1. The highest BCUT2D eigenvalue weighted by Crippen LogP contribution is 2.19. The Bertz CT molecular complexity index is 444. The molecule has 1 aromatic rings. The van der Waals surface area contributed by atoms with Gasteiger partial charge in [-0.1, -0.05) is 22.0 Å². The molecule has 1 heterocycles. The number of likely N-dealkylation sites (tertiary alicyclic amines) is 1. The fourth-order valence-electron chi connectivity index (χ4n) is 2.38. The third-order valence-corrected chi connectivity index (χ3v) is 3.80. The average molecular weight is 342 g/mol. The van der Waals surface area contributed by atoms with Crippen molar-refractivity contribution in [2.75, 3.05) is 32.1 Å². The molecule has 4 nitrogen and oxygen atoms in total. The molecular weight excluding hydrogens is 322 g/mol. The molecule has 20 heavy (non-hydrogen) atoms. The van der Waals surface area contributed by atoms with Crippen molar-refractivity contribution < 1.29 is 14.3 Å². The molecule has 1 aliphatic rings. The molecule has 0 aromatic heterocycles. The van der Waals surface area contributed by atoms with Crippen molar-refractivity contribution in [1.29, 1.82) is 0 Å². The van der Waals surface area contributed by atoms with Crippen LogP contribution in [0.2, 0.25) is 0 Å². The lowest BCUT2D eigenvalue weighted by Gasteiger charge is -2.32. The Morgan fingerprint density at radius 2 is 2.15 bits per heavy atom. The Morgan fingerprint density at radius 3 is 2.80 bits per heavy atom. The first-order valence-electron chi connectivity index (χ1n) is 6.85. The summed E-state index contributed by atoms with van der Waals surface area (Å²) in [6.45, 7) is 2.24. The lowest BCUT2D eigenvalue weighted by Crippen LogP contribution is -2.41. The van der Waals surface area contributed by atoms with E-state index < -0.39 is 0 Å². The maximum atomic E-state index is 12.4. The van der Waals surface area contributed by atoms with E-state index in [0.29, 0.717) is 11.3 Å². The molecule has 0 aliphatic carbocycles. The van der Waals surface area contributed by atoms with Crippen molar-refractivity contribution >= 4 is 21.8 Å². The number of ether oxygens (including phenoxy) is 2. The Kier molecular flexibility index (Phi) is 5.86. The third-order valence-electron chi connectivity index (χ3n) is 3.48. The van der Waals surface area contributed by atoms with Crippen LogP contribution in [0.25, 0.3) is 0 Å². The van der Waals surface area contributed by atoms with Crippen LogP contribution in [-0.4, -0.2) is 49.0 Å². The number of nitrogens with zero attached hydrogens (tertiary/aromatic N) is 1. The smallest absolute Gasteiger partial charge is 0.253 e. The zero-order valence-electron chi connectivity index (χ0n) is 11.7. The predicted octanol–water partition coefficient (Wildman–Crippen LogP) is 2.71. The standard InChI is InChI=1S/C15H20BrNO3/c1-19-14-4-2-3-12(11-14)15(18)17-8-5-13(6-9-17)20-10-7-16/h2-4,11,13H,5-10H2,1H3. The summed E-state index contributed by atoms with van der Waals surface area (Å²) in [6.07, 6.45) is 2.09. The van der Waals surface area contributed by atoms with Gasteiger partial charge in [-0.2, -0.15) is 0 Å². The molecule has 1 aromatic carbocycles. The van der Waals surface area contributed by atoms with Gasteiger partial charge in [0, 0.05) is 24.0 Å². The molecule has 0 radical (unpaired) electrons. The van der Waals surface area contributed by atoms with Crippen molar-refractivity contribution in [1.82, 2.24) is 4.90 Å². The monoisotopic (exact) mass is 341 g/mol. The number of hydrogen-bond donors (Lipinski definition) is 0. The van der Waals surface area contributed by atoms with E-state index in [-0.39, 0.29) is 12.0 Å². The molecule has 1 fully saturated rings. The van der Waals surface area contributed by atoms with Gasteiger partial charge in [-0.3, -0.25) is 4.79 Å². The number of hydrogen-bond acceptors (Lipinski definition) is 3. The number of halogens is 1. The highest BCUT2D eigenvalue weighted by molar-refractivity contribution is 9.09. The second kappa shape index (κ2) is 7.64. The first-order valence-corrected chi connectivity index (χ1v) is 7.97. The van der Waals surface area contributed by atoms with Crippen LogP contribution in [0.3, 0.4) is 0 Å². The fourth-order valence-corrected chi connectivity index (χ4v) is 2.56. The number of carbonyl (C=O) groups excluding carboxylic acids is 1. The molecule has 2 rings (SSSR count). The van der Waals surface area contributed by atoms with Gasteiger partial charge in [0.05, 0.1) is 19.8 Å². The maximum Gasteiger partial charge on any atom is 0.253 e. The quantitative estimate of drug-likeness (QED) is 0.773. The molecule has 0 bridgehead atoms. The molecule has 0 unspecified atom stereocenters. The summed E-state index contributed by atoms with van der Waals surface area (Å²) in [7, 11) is 1.61. The first-order chi connectivity index (χ1) is 9.74. The van der Waals surface area contributed by atoms with E-state index in [0.717, 1.165) is 37.9 Å². The minimum Gasteiger partial charge on any atom is -0.497 e. The second-order valence-electron chi connectivity index (χ2n) is 4.78. The SMILES string of the molecule is COc1cccc(C(=O)N2CCC(OCCBr)CC2)c1. The van der Waals surface area contributed by atoms with Crippen molar-refractivity contribution in [3.63, 3.8) is 0 Å². The van der Waals surface area contributed by atoms with Crippen LogP contribution in [0, 0.1) is 0 Å². The third kappa shape index (κ3) is 3.96. The van der Waals surface area contributed by atoms with Crippen LogP contribution >= 0.6 is 15.9 Å². The molecule has 5 heteroatoms. The molecule has 1 amide bonds.